The minimum absolute atomic E-state index is 0.0994. The van der Waals surface area contributed by atoms with Crippen LogP contribution in [0.2, 0.25) is 0 Å². The lowest BCUT2D eigenvalue weighted by Crippen LogP contribution is -2.18. The maximum absolute atomic E-state index is 12.9. The van der Waals surface area contributed by atoms with E-state index in [0.717, 1.165) is 12.8 Å². The standard InChI is InChI=1S/C26H26N2O4/c1-18-20(25(30)28-23-15-7-6-13-21(23)26(31)32-2)14-9-16-22(18)27-24(29)17-8-12-19-10-4-3-5-11-19/h3-7,9-11,13-16H,8,12,17H2,1-2H3,(H,27,29)(H,28,30). The number of benzene rings is 3. The number of carbonyl (C=O) groups excluding carboxylic acids is 3. The molecule has 0 unspecified atom stereocenters. The summed E-state index contributed by atoms with van der Waals surface area (Å²) in [6.45, 7) is 1.78. The summed E-state index contributed by atoms with van der Waals surface area (Å²) in [7, 11) is 1.29. The largest absolute Gasteiger partial charge is 0.465 e. The van der Waals surface area contributed by atoms with E-state index in [-0.39, 0.29) is 17.4 Å². The van der Waals surface area contributed by atoms with Gasteiger partial charge in [-0.05, 0) is 55.2 Å². The van der Waals surface area contributed by atoms with Gasteiger partial charge in [-0.25, -0.2) is 4.79 Å². The number of ether oxygens (including phenoxy) is 1. The third-order valence-electron chi connectivity index (χ3n) is 5.15. The van der Waals surface area contributed by atoms with Gasteiger partial charge in [-0.2, -0.15) is 0 Å². The number of rotatable bonds is 8. The first-order valence-corrected chi connectivity index (χ1v) is 10.4. The Morgan fingerprint density at radius 2 is 1.44 bits per heavy atom. The van der Waals surface area contributed by atoms with E-state index >= 15 is 0 Å². The molecular formula is C26H26N2O4. The van der Waals surface area contributed by atoms with Gasteiger partial charge in [-0.1, -0.05) is 48.5 Å². The number of carbonyl (C=O) groups is 3. The molecule has 0 saturated carbocycles. The maximum Gasteiger partial charge on any atom is 0.339 e. The van der Waals surface area contributed by atoms with Crippen LogP contribution in [0.1, 0.15) is 44.7 Å². The summed E-state index contributed by atoms with van der Waals surface area (Å²) in [5, 5.41) is 5.66. The lowest BCUT2D eigenvalue weighted by Gasteiger charge is -2.14. The smallest absolute Gasteiger partial charge is 0.339 e. The summed E-state index contributed by atoms with van der Waals surface area (Å²) in [5.41, 5.74) is 3.47. The van der Waals surface area contributed by atoms with Crippen LogP contribution in [0.15, 0.2) is 72.8 Å². The Bertz CT molecular complexity index is 1110. The minimum atomic E-state index is -0.533. The van der Waals surface area contributed by atoms with Crippen molar-refractivity contribution in [3.63, 3.8) is 0 Å². The monoisotopic (exact) mass is 430 g/mol. The van der Waals surface area contributed by atoms with Gasteiger partial charge in [0.25, 0.3) is 5.91 Å². The lowest BCUT2D eigenvalue weighted by atomic mass is 10.0. The van der Waals surface area contributed by atoms with Crippen LogP contribution in [0, 0.1) is 6.92 Å². The van der Waals surface area contributed by atoms with Crippen molar-refractivity contribution in [1.82, 2.24) is 0 Å². The highest BCUT2D eigenvalue weighted by Gasteiger charge is 2.17. The minimum Gasteiger partial charge on any atom is -0.465 e. The van der Waals surface area contributed by atoms with E-state index < -0.39 is 5.97 Å². The Morgan fingerprint density at radius 1 is 0.781 bits per heavy atom. The second-order valence-corrected chi connectivity index (χ2v) is 7.36. The van der Waals surface area contributed by atoms with Gasteiger partial charge in [0.15, 0.2) is 0 Å². The van der Waals surface area contributed by atoms with Crippen LogP contribution in [0.3, 0.4) is 0 Å². The third-order valence-corrected chi connectivity index (χ3v) is 5.15. The summed E-state index contributed by atoms with van der Waals surface area (Å²) < 4.78 is 4.77. The molecule has 3 aromatic rings. The molecule has 0 atom stereocenters. The summed E-state index contributed by atoms with van der Waals surface area (Å²) in [6, 6.07) is 21.8. The Labute approximate surface area is 187 Å². The van der Waals surface area contributed by atoms with Gasteiger partial charge in [-0.3, -0.25) is 9.59 Å². The van der Waals surface area contributed by atoms with E-state index in [0.29, 0.717) is 28.9 Å². The average molecular weight is 431 g/mol. The predicted molar refractivity (Wildman–Crippen MR) is 125 cm³/mol. The van der Waals surface area contributed by atoms with Crippen LogP contribution in [0.25, 0.3) is 0 Å². The van der Waals surface area contributed by atoms with Gasteiger partial charge < -0.3 is 15.4 Å². The number of aryl methyl sites for hydroxylation is 1. The van der Waals surface area contributed by atoms with Crippen molar-refractivity contribution in [2.24, 2.45) is 0 Å². The molecule has 6 heteroatoms. The van der Waals surface area contributed by atoms with Crippen molar-refractivity contribution >= 4 is 29.2 Å². The molecule has 0 aliphatic rings. The van der Waals surface area contributed by atoms with E-state index in [4.69, 9.17) is 4.74 Å². The average Bonchev–Trinajstić information content (AvgIpc) is 2.81. The predicted octanol–water partition coefficient (Wildman–Crippen LogP) is 5.00. The lowest BCUT2D eigenvalue weighted by molar-refractivity contribution is -0.116. The Morgan fingerprint density at radius 3 is 2.19 bits per heavy atom. The van der Waals surface area contributed by atoms with Crippen LogP contribution < -0.4 is 10.6 Å². The highest BCUT2D eigenvalue weighted by Crippen LogP contribution is 2.22. The molecule has 0 saturated heterocycles. The van der Waals surface area contributed by atoms with Crippen molar-refractivity contribution in [3.8, 4) is 0 Å². The highest BCUT2D eigenvalue weighted by atomic mass is 16.5. The molecule has 0 aromatic heterocycles. The first kappa shape index (κ1) is 22.7. The SMILES string of the molecule is COC(=O)c1ccccc1NC(=O)c1cccc(NC(=O)CCCc2ccccc2)c1C. The topological polar surface area (TPSA) is 84.5 Å². The summed E-state index contributed by atoms with van der Waals surface area (Å²) in [6.07, 6.45) is 1.95. The van der Waals surface area contributed by atoms with Crippen molar-refractivity contribution in [2.75, 3.05) is 17.7 Å². The Hall–Kier alpha value is -3.93. The number of hydrogen-bond acceptors (Lipinski definition) is 4. The van der Waals surface area contributed by atoms with E-state index in [1.54, 1.807) is 49.4 Å². The Balaban J connectivity index is 1.65. The fourth-order valence-corrected chi connectivity index (χ4v) is 3.40. The van der Waals surface area contributed by atoms with E-state index in [2.05, 4.69) is 10.6 Å². The molecule has 0 bridgehead atoms. The number of nitrogens with one attached hydrogen (secondary N) is 2. The normalized spacial score (nSPS) is 10.3. The molecule has 32 heavy (non-hydrogen) atoms. The second kappa shape index (κ2) is 10.9. The summed E-state index contributed by atoms with van der Waals surface area (Å²) in [5.74, 6) is -1.01. The van der Waals surface area contributed by atoms with Crippen molar-refractivity contribution in [1.29, 1.82) is 0 Å². The molecule has 0 radical (unpaired) electrons. The quantitative estimate of drug-likeness (QED) is 0.493. The van der Waals surface area contributed by atoms with Crippen molar-refractivity contribution in [2.45, 2.75) is 26.2 Å². The maximum atomic E-state index is 12.9. The summed E-state index contributed by atoms with van der Waals surface area (Å²) >= 11 is 0. The highest BCUT2D eigenvalue weighted by molar-refractivity contribution is 6.09. The number of anilines is 2. The van der Waals surface area contributed by atoms with Crippen LogP contribution in [-0.4, -0.2) is 24.9 Å². The second-order valence-electron chi connectivity index (χ2n) is 7.36. The molecule has 3 rings (SSSR count). The number of esters is 1. The number of amides is 2. The molecular weight excluding hydrogens is 404 g/mol. The zero-order valence-corrected chi connectivity index (χ0v) is 18.2. The molecule has 6 nitrogen and oxygen atoms in total. The summed E-state index contributed by atoms with van der Waals surface area (Å²) in [4.78, 5) is 37.3. The fourth-order valence-electron chi connectivity index (χ4n) is 3.40. The van der Waals surface area contributed by atoms with Crippen molar-refractivity contribution < 1.29 is 19.1 Å². The van der Waals surface area contributed by atoms with Gasteiger partial charge in [0.05, 0.1) is 18.4 Å². The molecule has 164 valence electrons. The van der Waals surface area contributed by atoms with E-state index in [9.17, 15) is 14.4 Å². The number of para-hydroxylation sites is 1. The molecule has 0 spiro atoms. The molecule has 0 fully saturated rings. The Kier molecular flexibility index (Phi) is 7.75. The number of methoxy groups -OCH3 is 1. The van der Waals surface area contributed by atoms with Crippen LogP contribution in [0.4, 0.5) is 11.4 Å². The van der Waals surface area contributed by atoms with Gasteiger partial charge in [0.1, 0.15) is 0 Å². The first-order valence-electron chi connectivity index (χ1n) is 10.4. The zero-order chi connectivity index (χ0) is 22.9. The van der Waals surface area contributed by atoms with Crippen LogP contribution >= 0.6 is 0 Å². The molecule has 0 aliphatic carbocycles. The van der Waals surface area contributed by atoms with E-state index in [1.807, 2.05) is 30.3 Å². The van der Waals surface area contributed by atoms with Crippen LogP contribution in [0.5, 0.6) is 0 Å². The fraction of sp³-hybridized carbons (Fsp3) is 0.192. The first-order chi connectivity index (χ1) is 15.5. The number of hydrogen-bond donors (Lipinski definition) is 2. The van der Waals surface area contributed by atoms with Crippen molar-refractivity contribution in [3.05, 3.63) is 95.1 Å². The van der Waals surface area contributed by atoms with Gasteiger partial charge >= 0.3 is 5.97 Å². The van der Waals surface area contributed by atoms with E-state index in [1.165, 1.54) is 12.7 Å². The van der Waals surface area contributed by atoms with Gasteiger partial charge in [0, 0.05) is 17.7 Å². The molecule has 2 amide bonds. The van der Waals surface area contributed by atoms with Crippen LogP contribution in [-0.2, 0) is 16.0 Å². The molecule has 3 aromatic carbocycles. The van der Waals surface area contributed by atoms with Gasteiger partial charge in [0.2, 0.25) is 5.91 Å². The molecule has 2 N–H and O–H groups in total. The third kappa shape index (κ3) is 5.82. The zero-order valence-electron chi connectivity index (χ0n) is 18.2. The molecule has 0 aliphatic heterocycles. The molecule has 0 heterocycles. The van der Waals surface area contributed by atoms with Gasteiger partial charge in [-0.15, -0.1) is 0 Å².